The molecule has 0 atom stereocenters. The maximum Gasteiger partial charge on any atom is 0.259 e. The summed E-state index contributed by atoms with van der Waals surface area (Å²) in [5.41, 5.74) is 0.910. The molecule has 2 rings (SSSR count). The lowest BCUT2D eigenvalue weighted by Gasteiger charge is -2.09. The number of ketones is 1. The number of carbonyl (C=O) groups is 2. The van der Waals surface area contributed by atoms with E-state index in [1.165, 1.54) is 0 Å². The van der Waals surface area contributed by atoms with E-state index >= 15 is 0 Å². The second-order valence-electron chi connectivity index (χ2n) is 3.82. The van der Waals surface area contributed by atoms with Gasteiger partial charge in [0.2, 0.25) is 0 Å². The largest absolute Gasteiger partial charge is 0.322 e. The second-order valence-corrected chi connectivity index (χ2v) is 4.70. The highest BCUT2D eigenvalue weighted by molar-refractivity contribution is 7.98. The number of hydrogen-bond acceptors (Lipinski definition) is 3. The molecule has 3 nitrogen and oxygen atoms in total. The minimum absolute atomic E-state index is 0.143. The number of allylic oxidation sites excluding steroid dienone is 3. The Kier molecular flexibility index (Phi) is 3.99. The first kappa shape index (κ1) is 12.6. The maximum atomic E-state index is 11.9. The summed E-state index contributed by atoms with van der Waals surface area (Å²) in [5.74, 6) is -0.489. The highest BCUT2D eigenvalue weighted by Crippen LogP contribution is 2.18. The molecule has 1 amide bonds. The first-order chi connectivity index (χ1) is 8.70. The number of nitrogens with one attached hydrogen (secondary N) is 1. The van der Waals surface area contributed by atoms with E-state index in [-0.39, 0.29) is 17.3 Å². The predicted molar refractivity (Wildman–Crippen MR) is 73.7 cm³/mol. The summed E-state index contributed by atoms with van der Waals surface area (Å²) in [5, 5.41) is 2.72. The number of benzene rings is 1. The fourth-order valence-corrected chi connectivity index (χ4v) is 2.03. The Morgan fingerprint density at radius 3 is 2.61 bits per heavy atom. The van der Waals surface area contributed by atoms with Gasteiger partial charge in [0.15, 0.2) is 5.78 Å². The maximum absolute atomic E-state index is 11.9. The van der Waals surface area contributed by atoms with Crippen LogP contribution >= 0.6 is 11.8 Å². The van der Waals surface area contributed by atoms with Crippen molar-refractivity contribution in [1.29, 1.82) is 0 Å². The quantitative estimate of drug-likeness (QED) is 0.670. The molecule has 0 heterocycles. The lowest BCUT2D eigenvalue weighted by atomic mass is 10.0. The topological polar surface area (TPSA) is 46.2 Å². The molecule has 1 aliphatic rings. The van der Waals surface area contributed by atoms with Crippen LogP contribution in [0.15, 0.2) is 53.0 Å². The Morgan fingerprint density at radius 1 is 1.28 bits per heavy atom. The van der Waals surface area contributed by atoms with Crippen molar-refractivity contribution in [2.45, 2.75) is 11.3 Å². The molecular weight excluding hydrogens is 246 g/mol. The monoisotopic (exact) mass is 259 g/mol. The van der Waals surface area contributed by atoms with E-state index in [2.05, 4.69) is 5.32 Å². The first-order valence-electron chi connectivity index (χ1n) is 5.56. The number of Topliss-reactive ketones (excluding diaryl/α,β-unsaturated/α-hetero) is 1. The highest BCUT2D eigenvalue weighted by atomic mass is 32.2. The van der Waals surface area contributed by atoms with Crippen LogP contribution < -0.4 is 5.32 Å². The highest BCUT2D eigenvalue weighted by Gasteiger charge is 2.18. The van der Waals surface area contributed by atoms with Crippen molar-refractivity contribution in [2.24, 2.45) is 0 Å². The number of anilines is 1. The van der Waals surface area contributed by atoms with E-state index in [1.807, 2.05) is 30.5 Å². The third-order valence-electron chi connectivity index (χ3n) is 2.60. The van der Waals surface area contributed by atoms with Gasteiger partial charge in [-0.15, -0.1) is 11.8 Å². The van der Waals surface area contributed by atoms with Crippen LogP contribution in [0.1, 0.15) is 6.42 Å². The third kappa shape index (κ3) is 2.90. The molecule has 18 heavy (non-hydrogen) atoms. The zero-order chi connectivity index (χ0) is 13.0. The Hall–Kier alpha value is -1.81. The van der Waals surface area contributed by atoms with Crippen LogP contribution in [0.3, 0.4) is 0 Å². The summed E-state index contributed by atoms with van der Waals surface area (Å²) >= 11 is 1.64. The van der Waals surface area contributed by atoms with Crippen molar-refractivity contribution in [3.8, 4) is 0 Å². The lowest BCUT2D eigenvalue weighted by Crippen LogP contribution is -2.21. The van der Waals surface area contributed by atoms with Gasteiger partial charge in [0.25, 0.3) is 5.91 Å². The fraction of sp³-hybridized carbons (Fsp3) is 0.143. The number of thioether (sulfide) groups is 1. The third-order valence-corrected chi connectivity index (χ3v) is 3.34. The summed E-state index contributed by atoms with van der Waals surface area (Å²) in [6.07, 6.45) is 7.31. The van der Waals surface area contributed by atoms with E-state index in [1.54, 1.807) is 30.0 Å². The molecule has 0 saturated carbocycles. The van der Waals surface area contributed by atoms with Crippen LogP contribution in [0, 0.1) is 0 Å². The van der Waals surface area contributed by atoms with E-state index in [9.17, 15) is 9.59 Å². The molecule has 0 aromatic heterocycles. The van der Waals surface area contributed by atoms with Gasteiger partial charge in [-0.25, -0.2) is 0 Å². The van der Waals surface area contributed by atoms with E-state index in [0.29, 0.717) is 12.1 Å². The van der Waals surface area contributed by atoms with Gasteiger partial charge in [-0.2, -0.15) is 0 Å². The number of carbonyl (C=O) groups excluding carboxylic acids is 2. The summed E-state index contributed by atoms with van der Waals surface area (Å²) in [7, 11) is 0. The van der Waals surface area contributed by atoms with Gasteiger partial charge in [0.05, 0.1) is 5.57 Å². The molecule has 0 bridgehead atoms. The van der Waals surface area contributed by atoms with Crippen LogP contribution in [0.4, 0.5) is 5.69 Å². The zero-order valence-corrected chi connectivity index (χ0v) is 10.8. The minimum Gasteiger partial charge on any atom is -0.322 e. The molecule has 4 heteroatoms. The fourth-order valence-electron chi connectivity index (χ4n) is 1.62. The van der Waals surface area contributed by atoms with Gasteiger partial charge in [-0.05, 0) is 36.6 Å². The number of amides is 1. The number of hydrogen-bond donors (Lipinski definition) is 1. The predicted octanol–water partition coefficient (Wildman–Crippen LogP) is 2.80. The van der Waals surface area contributed by atoms with Crippen molar-refractivity contribution in [3.05, 3.63) is 48.1 Å². The molecule has 1 N–H and O–H groups in total. The summed E-state index contributed by atoms with van der Waals surface area (Å²) in [4.78, 5) is 24.6. The first-order valence-corrected chi connectivity index (χ1v) is 6.78. The Morgan fingerprint density at radius 2 is 2.00 bits per heavy atom. The van der Waals surface area contributed by atoms with Gasteiger partial charge in [-0.1, -0.05) is 12.2 Å². The second kappa shape index (κ2) is 5.69. The molecule has 0 radical (unpaired) electrons. The van der Waals surface area contributed by atoms with Crippen LogP contribution in [0.25, 0.3) is 0 Å². The summed E-state index contributed by atoms with van der Waals surface area (Å²) < 4.78 is 0. The molecule has 0 fully saturated rings. The van der Waals surface area contributed by atoms with Crippen molar-refractivity contribution in [3.63, 3.8) is 0 Å². The zero-order valence-electron chi connectivity index (χ0n) is 9.97. The van der Waals surface area contributed by atoms with Gasteiger partial charge in [0.1, 0.15) is 0 Å². The molecule has 0 aliphatic heterocycles. The summed E-state index contributed by atoms with van der Waals surface area (Å²) in [6.45, 7) is 0. The molecule has 1 aromatic rings. The number of rotatable bonds is 3. The molecule has 1 aliphatic carbocycles. The normalized spacial score (nSPS) is 14.3. The Bertz CT molecular complexity index is 529. The molecule has 0 unspecified atom stereocenters. The lowest BCUT2D eigenvalue weighted by molar-refractivity contribution is -0.119. The average molecular weight is 259 g/mol. The molecule has 92 valence electrons. The van der Waals surface area contributed by atoms with Gasteiger partial charge in [0, 0.05) is 17.0 Å². The van der Waals surface area contributed by atoms with Gasteiger partial charge >= 0.3 is 0 Å². The molecule has 0 spiro atoms. The van der Waals surface area contributed by atoms with Crippen LogP contribution in [-0.4, -0.2) is 17.9 Å². The van der Waals surface area contributed by atoms with E-state index < -0.39 is 0 Å². The SMILES string of the molecule is CSc1ccc(NC(=O)C2=CC=CCC2=O)cc1. The van der Waals surface area contributed by atoms with E-state index in [0.717, 1.165) is 4.90 Å². The van der Waals surface area contributed by atoms with E-state index in [4.69, 9.17) is 0 Å². The van der Waals surface area contributed by atoms with Crippen LogP contribution in [-0.2, 0) is 9.59 Å². The minimum atomic E-state index is -0.346. The Labute approximate surface area is 110 Å². The van der Waals surface area contributed by atoms with Gasteiger partial charge in [-0.3, -0.25) is 9.59 Å². The summed E-state index contributed by atoms with van der Waals surface area (Å²) in [6, 6.07) is 7.51. The van der Waals surface area contributed by atoms with Crippen molar-refractivity contribution >= 4 is 29.1 Å². The standard InChI is InChI=1S/C14H13NO2S/c1-18-11-8-6-10(7-9-11)15-14(17)12-4-2-3-5-13(12)16/h2-4,6-9H,5H2,1H3,(H,15,17). The van der Waals surface area contributed by atoms with Crippen molar-refractivity contribution < 1.29 is 9.59 Å². The van der Waals surface area contributed by atoms with Gasteiger partial charge < -0.3 is 5.32 Å². The molecule has 1 aromatic carbocycles. The molecular formula is C14H13NO2S. The Balaban J connectivity index is 2.08. The van der Waals surface area contributed by atoms with Crippen molar-refractivity contribution in [1.82, 2.24) is 0 Å². The molecule has 0 saturated heterocycles. The van der Waals surface area contributed by atoms with Crippen LogP contribution in [0.5, 0.6) is 0 Å². The van der Waals surface area contributed by atoms with Crippen LogP contribution in [0.2, 0.25) is 0 Å². The average Bonchev–Trinajstić information content (AvgIpc) is 2.40. The smallest absolute Gasteiger partial charge is 0.259 e. The van der Waals surface area contributed by atoms with Crippen molar-refractivity contribution in [2.75, 3.05) is 11.6 Å².